The average molecular weight is 601 g/mol. The zero-order valence-electron chi connectivity index (χ0n) is 27.0. The van der Waals surface area contributed by atoms with E-state index in [1.807, 2.05) is 113 Å². The van der Waals surface area contributed by atoms with Crippen molar-refractivity contribution in [3.8, 4) is 11.5 Å². The summed E-state index contributed by atoms with van der Waals surface area (Å²) in [4.78, 5) is 11.8. The van der Waals surface area contributed by atoms with Crippen LogP contribution in [-0.4, -0.2) is 38.8 Å². The minimum absolute atomic E-state index is 0.192. The smallest absolute Gasteiger partial charge is 0.145 e. The molecule has 236 valence electrons. The topological polar surface area (TPSA) is 67.5 Å². The van der Waals surface area contributed by atoms with Gasteiger partial charge in [0.2, 0.25) is 0 Å². The molecule has 0 atom stereocenters. The molecule has 8 heteroatoms. The molecule has 4 aromatic carbocycles. The third-order valence-electron chi connectivity index (χ3n) is 6.16. The van der Waals surface area contributed by atoms with Crippen molar-refractivity contribution >= 4 is 22.7 Å². The largest absolute Gasteiger partial charge is 0.492 e. The number of benzene rings is 4. The Hall–Kier alpha value is -4.40. The molecule has 0 radical (unpaired) electrons. The van der Waals surface area contributed by atoms with Gasteiger partial charge in [-0.2, -0.15) is 0 Å². The van der Waals surface area contributed by atoms with Gasteiger partial charge in [-0.1, -0.05) is 60.7 Å². The summed E-state index contributed by atoms with van der Waals surface area (Å²) in [5.74, 6) is 1.53. The van der Waals surface area contributed by atoms with Gasteiger partial charge in [-0.05, 0) is 90.1 Å². The highest BCUT2D eigenvalue weighted by molar-refractivity contribution is 5.60. The Kier molecular flexibility index (Phi) is 14.2. The highest BCUT2D eigenvalue weighted by atomic mass is 16.7. The van der Waals surface area contributed by atoms with Crippen LogP contribution in [0.4, 0.5) is 22.7 Å². The van der Waals surface area contributed by atoms with Gasteiger partial charge in [-0.15, -0.1) is 0 Å². The SMILES string of the molecule is CC(C)(Nc1ccccc1)Nc1ccccc1.CCOc1ccccc1N(CN(OCC)c1ccccc1OCC)OCC. The minimum atomic E-state index is -0.192. The Labute approximate surface area is 263 Å². The second-order valence-electron chi connectivity index (χ2n) is 10.1. The molecular formula is C36H48N4O4. The lowest BCUT2D eigenvalue weighted by atomic mass is 10.2. The molecule has 4 aromatic rings. The van der Waals surface area contributed by atoms with Crippen LogP contribution in [0.2, 0.25) is 0 Å². The van der Waals surface area contributed by atoms with Crippen molar-refractivity contribution in [3.63, 3.8) is 0 Å². The second-order valence-corrected chi connectivity index (χ2v) is 10.1. The van der Waals surface area contributed by atoms with Gasteiger partial charge in [-0.3, -0.25) is 9.68 Å². The lowest BCUT2D eigenvalue weighted by Crippen LogP contribution is -2.39. The van der Waals surface area contributed by atoms with Crippen LogP contribution in [-0.2, 0) is 9.68 Å². The summed E-state index contributed by atoms with van der Waals surface area (Å²) in [5, 5.41) is 10.5. The van der Waals surface area contributed by atoms with Crippen molar-refractivity contribution in [2.75, 3.05) is 53.9 Å². The molecule has 8 nitrogen and oxygen atoms in total. The van der Waals surface area contributed by atoms with Crippen LogP contribution in [0, 0.1) is 0 Å². The predicted molar refractivity (Wildman–Crippen MR) is 183 cm³/mol. The van der Waals surface area contributed by atoms with E-state index < -0.39 is 0 Å². The highest BCUT2D eigenvalue weighted by Crippen LogP contribution is 2.32. The van der Waals surface area contributed by atoms with E-state index in [0.717, 1.165) is 34.2 Å². The molecule has 0 aromatic heterocycles. The molecule has 0 saturated carbocycles. The number of para-hydroxylation sites is 6. The van der Waals surface area contributed by atoms with Gasteiger partial charge in [0, 0.05) is 11.4 Å². The maximum absolute atomic E-state index is 5.90. The van der Waals surface area contributed by atoms with Crippen LogP contribution < -0.4 is 30.2 Å². The van der Waals surface area contributed by atoms with E-state index >= 15 is 0 Å². The summed E-state index contributed by atoms with van der Waals surface area (Å²) in [5.41, 5.74) is 3.73. The molecule has 0 fully saturated rings. The first-order valence-corrected chi connectivity index (χ1v) is 15.3. The van der Waals surface area contributed by atoms with Crippen molar-refractivity contribution < 1.29 is 19.1 Å². The van der Waals surface area contributed by atoms with E-state index in [-0.39, 0.29) is 5.66 Å². The number of hydroxylamine groups is 2. The zero-order valence-corrected chi connectivity index (χ0v) is 27.0. The fraction of sp³-hybridized carbons (Fsp3) is 0.333. The molecule has 0 amide bonds. The van der Waals surface area contributed by atoms with E-state index in [9.17, 15) is 0 Å². The van der Waals surface area contributed by atoms with Gasteiger partial charge in [0.15, 0.2) is 0 Å². The van der Waals surface area contributed by atoms with Crippen molar-refractivity contribution in [2.24, 2.45) is 0 Å². The molecule has 44 heavy (non-hydrogen) atoms. The molecule has 0 aliphatic heterocycles. The molecular weight excluding hydrogens is 552 g/mol. The normalized spacial score (nSPS) is 10.7. The molecule has 0 unspecified atom stereocenters. The number of ether oxygens (including phenoxy) is 2. The maximum atomic E-state index is 5.90. The molecule has 0 bridgehead atoms. The van der Waals surface area contributed by atoms with Gasteiger partial charge in [-0.25, -0.2) is 10.1 Å². The van der Waals surface area contributed by atoms with Crippen LogP contribution >= 0.6 is 0 Å². The van der Waals surface area contributed by atoms with E-state index in [4.69, 9.17) is 19.1 Å². The number of hydrogen-bond donors (Lipinski definition) is 2. The van der Waals surface area contributed by atoms with Gasteiger partial charge >= 0.3 is 0 Å². The average Bonchev–Trinajstić information content (AvgIpc) is 3.02. The summed E-state index contributed by atoms with van der Waals surface area (Å²) >= 11 is 0. The first-order chi connectivity index (χ1) is 21.4. The summed E-state index contributed by atoms with van der Waals surface area (Å²) in [6.45, 7) is 14.6. The molecule has 2 N–H and O–H groups in total. The Balaban J connectivity index is 0.000000266. The van der Waals surface area contributed by atoms with Gasteiger partial charge in [0.05, 0.1) is 26.4 Å². The summed E-state index contributed by atoms with van der Waals surface area (Å²) in [6.07, 6.45) is 0. The quantitative estimate of drug-likeness (QED) is 0.0979. The number of rotatable bonds is 16. The standard InChI is InChI=1S/C21H30N2O4.C15H18N2/c1-5-24-20-15-11-9-13-18(20)22(26-7-3)17-23(27-8-4)19-14-10-12-16-21(19)25-6-2;1-15(2,16-13-9-5-3-6-10-13)17-14-11-7-4-8-12-14/h9-16H,5-8,17H2,1-4H3;3-12,16-17H,1-2H3. The minimum Gasteiger partial charge on any atom is -0.492 e. The fourth-order valence-corrected chi connectivity index (χ4v) is 4.48. The molecule has 4 rings (SSSR count). The third kappa shape index (κ3) is 11.0. The molecule has 0 saturated heterocycles. The first-order valence-electron chi connectivity index (χ1n) is 15.3. The van der Waals surface area contributed by atoms with Crippen LogP contribution in [0.15, 0.2) is 109 Å². The van der Waals surface area contributed by atoms with Crippen molar-refractivity contribution in [1.29, 1.82) is 0 Å². The molecule has 0 spiro atoms. The number of nitrogens with zero attached hydrogens (tertiary/aromatic N) is 2. The van der Waals surface area contributed by atoms with E-state index in [0.29, 0.717) is 33.1 Å². The van der Waals surface area contributed by atoms with Crippen LogP contribution in [0.1, 0.15) is 41.5 Å². The van der Waals surface area contributed by atoms with E-state index in [1.54, 1.807) is 10.1 Å². The van der Waals surface area contributed by atoms with Crippen LogP contribution in [0.5, 0.6) is 11.5 Å². The van der Waals surface area contributed by atoms with Gasteiger partial charge < -0.3 is 20.1 Å². The zero-order chi connectivity index (χ0) is 31.6. The van der Waals surface area contributed by atoms with Gasteiger partial charge in [0.1, 0.15) is 35.2 Å². The number of hydrogen-bond acceptors (Lipinski definition) is 8. The van der Waals surface area contributed by atoms with E-state index in [2.05, 4.69) is 48.7 Å². The lowest BCUT2D eigenvalue weighted by Gasteiger charge is -2.32. The number of nitrogens with one attached hydrogen (secondary N) is 2. The molecule has 0 heterocycles. The van der Waals surface area contributed by atoms with Gasteiger partial charge in [0.25, 0.3) is 0 Å². The lowest BCUT2D eigenvalue weighted by molar-refractivity contribution is 0.0661. The van der Waals surface area contributed by atoms with Crippen LogP contribution in [0.3, 0.4) is 0 Å². The summed E-state index contributed by atoms with van der Waals surface area (Å²) in [7, 11) is 0. The van der Waals surface area contributed by atoms with Crippen LogP contribution in [0.25, 0.3) is 0 Å². The van der Waals surface area contributed by atoms with Crippen molar-refractivity contribution in [2.45, 2.75) is 47.2 Å². The monoisotopic (exact) mass is 600 g/mol. The molecule has 0 aliphatic rings. The van der Waals surface area contributed by atoms with Crippen molar-refractivity contribution in [1.82, 2.24) is 0 Å². The predicted octanol–water partition coefficient (Wildman–Crippen LogP) is 8.60. The van der Waals surface area contributed by atoms with Crippen molar-refractivity contribution in [3.05, 3.63) is 109 Å². The first kappa shape index (κ1) is 34.1. The Bertz CT molecular complexity index is 1240. The number of anilines is 4. The fourth-order valence-electron chi connectivity index (χ4n) is 4.48. The Morgan fingerprint density at radius 1 is 0.500 bits per heavy atom. The maximum Gasteiger partial charge on any atom is 0.145 e. The third-order valence-corrected chi connectivity index (χ3v) is 6.16. The second kappa shape index (κ2) is 18.3. The van der Waals surface area contributed by atoms with E-state index in [1.165, 1.54) is 0 Å². The highest BCUT2D eigenvalue weighted by Gasteiger charge is 2.20. The Morgan fingerprint density at radius 3 is 1.23 bits per heavy atom. The Morgan fingerprint density at radius 2 is 0.864 bits per heavy atom. The summed E-state index contributed by atoms with van der Waals surface area (Å²) in [6, 6.07) is 36.0. The molecule has 0 aliphatic carbocycles. The summed E-state index contributed by atoms with van der Waals surface area (Å²) < 4.78 is 11.5.